The zero-order chi connectivity index (χ0) is 21.5. The van der Waals surface area contributed by atoms with E-state index in [1.807, 2.05) is 18.2 Å². The molecule has 1 N–H and O–H groups in total. The molecule has 2 saturated heterocycles. The SMILES string of the molecule is COc1ccc(OC)c(/C=N\Nc2nc(N3CCOCC3)nc(N3CCOCC3)n2)c1. The van der Waals surface area contributed by atoms with Gasteiger partial charge in [-0.1, -0.05) is 0 Å². The van der Waals surface area contributed by atoms with Crippen LogP contribution in [-0.2, 0) is 9.47 Å². The molecule has 0 atom stereocenters. The molecule has 11 nitrogen and oxygen atoms in total. The van der Waals surface area contributed by atoms with E-state index < -0.39 is 0 Å². The van der Waals surface area contributed by atoms with Gasteiger partial charge in [0.05, 0.1) is 46.9 Å². The topological polar surface area (TPSA) is 106 Å². The highest BCUT2D eigenvalue weighted by atomic mass is 16.5. The van der Waals surface area contributed by atoms with Gasteiger partial charge in [0.2, 0.25) is 17.8 Å². The molecule has 0 bridgehead atoms. The summed E-state index contributed by atoms with van der Waals surface area (Å²) in [4.78, 5) is 18.0. The standard InChI is InChI=1S/C20H27N7O4/c1-28-16-3-4-17(29-2)15(13-16)14-21-25-18-22-19(26-5-9-30-10-6-26)24-20(23-18)27-7-11-31-12-8-27/h3-4,13-14H,5-12H2,1-2H3,(H,22,23,24,25)/b21-14-. The Morgan fingerprint density at radius 2 is 1.52 bits per heavy atom. The molecule has 1 aromatic heterocycles. The van der Waals surface area contributed by atoms with Crippen LogP contribution >= 0.6 is 0 Å². The maximum absolute atomic E-state index is 5.45. The summed E-state index contributed by atoms with van der Waals surface area (Å²) >= 11 is 0. The van der Waals surface area contributed by atoms with Gasteiger partial charge in [0.15, 0.2) is 0 Å². The maximum Gasteiger partial charge on any atom is 0.250 e. The second-order valence-electron chi connectivity index (χ2n) is 6.94. The molecule has 0 radical (unpaired) electrons. The average molecular weight is 429 g/mol. The van der Waals surface area contributed by atoms with Crippen LogP contribution in [0.4, 0.5) is 17.8 Å². The summed E-state index contributed by atoms with van der Waals surface area (Å²) in [5, 5.41) is 4.32. The number of hydrogen-bond acceptors (Lipinski definition) is 11. The number of rotatable bonds is 7. The van der Waals surface area contributed by atoms with Gasteiger partial charge in [-0.3, -0.25) is 0 Å². The van der Waals surface area contributed by atoms with Gasteiger partial charge in [-0.05, 0) is 18.2 Å². The summed E-state index contributed by atoms with van der Waals surface area (Å²) in [6, 6.07) is 5.50. The van der Waals surface area contributed by atoms with E-state index in [1.165, 1.54) is 0 Å². The smallest absolute Gasteiger partial charge is 0.250 e. The van der Waals surface area contributed by atoms with E-state index in [0.29, 0.717) is 55.8 Å². The number of hydrogen-bond donors (Lipinski definition) is 1. The van der Waals surface area contributed by atoms with Crippen molar-refractivity contribution in [3.05, 3.63) is 23.8 Å². The summed E-state index contributed by atoms with van der Waals surface area (Å²) in [6.07, 6.45) is 1.65. The number of methoxy groups -OCH3 is 2. The predicted molar refractivity (Wildman–Crippen MR) is 117 cm³/mol. The van der Waals surface area contributed by atoms with Gasteiger partial charge in [-0.25, -0.2) is 5.43 Å². The number of morpholine rings is 2. The zero-order valence-electron chi connectivity index (χ0n) is 17.8. The van der Waals surface area contributed by atoms with Crippen molar-refractivity contribution in [2.45, 2.75) is 0 Å². The fraction of sp³-hybridized carbons (Fsp3) is 0.500. The molecule has 11 heteroatoms. The van der Waals surface area contributed by atoms with Gasteiger partial charge in [0, 0.05) is 31.7 Å². The van der Waals surface area contributed by atoms with E-state index in [4.69, 9.17) is 18.9 Å². The van der Waals surface area contributed by atoms with Crippen LogP contribution in [0.15, 0.2) is 23.3 Å². The Balaban J connectivity index is 1.57. The molecular formula is C20H27N7O4. The number of nitrogens with one attached hydrogen (secondary N) is 1. The molecule has 0 spiro atoms. The fourth-order valence-corrected chi connectivity index (χ4v) is 3.31. The molecule has 0 unspecified atom stereocenters. The number of anilines is 3. The minimum atomic E-state index is 0.371. The molecule has 1 aromatic carbocycles. The Morgan fingerprint density at radius 1 is 0.903 bits per heavy atom. The van der Waals surface area contributed by atoms with Gasteiger partial charge in [-0.2, -0.15) is 20.1 Å². The second-order valence-corrected chi connectivity index (χ2v) is 6.94. The highest BCUT2D eigenvalue weighted by molar-refractivity contribution is 5.84. The molecule has 31 heavy (non-hydrogen) atoms. The molecule has 166 valence electrons. The van der Waals surface area contributed by atoms with Crippen LogP contribution in [0.25, 0.3) is 0 Å². The van der Waals surface area contributed by atoms with Crippen LogP contribution in [0.2, 0.25) is 0 Å². The van der Waals surface area contributed by atoms with Crippen LogP contribution in [0.3, 0.4) is 0 Å². The van der Waals surface area contributed by atoms with Crippen LogP contribution < -0.4 is 24.7 Å². The zero-order valence-corrected chi connectivity index (χ0v) is 17.8. The summed E-state index contributed by atoms with van der Waals surface area (Å²) in [7, 11) is 3.23. The van der Waals surface area contributed by atoms with Crippen LogP contribution in [0, 0.1) is 0 Å². The molecule has 2 aromatic rings. The number of hydrazone groups is 1. The van der Waals surface area contributed by atoms with Crippen molar-refractivity contribution in [2.75, 3.05) is 82.1 Å². The lowest BCUT2D eigenvalue weighted by Crippen LogP contribution is -2.40. The van der Waals surface area contributed by atoms with Crippen LogP contribution in [0.1, 0.15) is 5.56 Å². The molecule has 2 aliphatic heterocycles. The highest BCUT2D eigenvalue weighted by Crippen LogP contribution is 2.23. The van der Waals surface area contributed by atoms with Gasteiger partial charge in [-0.15, -0.1) is 0 Å². The normalized spacial score (nSPS) is 17.1. The first-order valence-electron chi connectivity index (χ1n) is 10.2. The molecule has 3 heterocycles. The van der Waals surface area contributed by atoms with E-state index in [9.17, 15) is 0 Å². The van der Waals surface area contributed by atoms with Crippen LogP contribution in [0.5, 0.6) is 11.5 Å². The van der Waals surface area contributed by atoms with E-state index in [2.05, 4.69) is 35.3 Å². The van der Waals surface area contributed by atoms with Crippen molar-refractivity contribution in [2.24, 2.45) is 5.10 Å². The third-order valence-electron chi connectivity index (χ3n) is 5.00. The first-order chi connectivity index (χ1) is 15.3. The first kappa shape index (κ1) is 21.1. The lowest BCUT2D eigenvalue weighted by Gasteiger charge is -2.30. The summed E-state index contributed by atoms with van der Waals surface area (Å²) in [5.74, 6) is 2.99. The molecule has 2 fully saturated rings. The van der Waals surface area contributed by atoms with Crippen molar-refractivity contribution in [1.29, 1.82) is 0 Å². The van der Waals surface area contributed by atoms with E-state index >= 15 is 0 Å². The lowest BCUT2D eigenvalue weighted by molar-refractivity contribution is 0.121. The largest absolute Gasteiger partial charge is 0.497 e. The minimum Gasteiger partial charge on any atom is -0.497 e. The molecule has 0 amide bonds. The van der Waals surface area contributed by atoms with Crippen molar-refractivity contribution in [3.63, 3.8) is 0 Å². The summed E-state index contributed by atoms with van der Waals surface area (Å²) in [6.45, 7) is 5.52. The summed E-state index contributed by atoms with van der Waals surface area (Å²) < 4.78 is 21.6. The second kappa shape index (κ2) is 10.2. The van der Waals surface area contributed by atoms with Gasteiger partial charge in [0.1, 0.15) is 11.5 Å². The number of nitrogens with zero attached hydrogens (tertiary/aromatic N) is 6. The average Bonchev–Trinajstić information content (AvgIpc) is 2.85. The van der Waals surface area contributed by atoms with E-state index in [-0.39, 0.29) is 0 Å². The maximum atomic E-state index is 5.45. The highest BCUT2D eigenvalue weighted by Gasteiger charge is 2.20. The lowest BCUT2D eigenvalue weighted by atomic mass is 10.2. The van der Waals surface area contributed by atoms with E-state index in [0.717, 1.165) is 31.7 Å². The minimum absolute atomic E-state index is 0.371. The molecule has 4 rings (SSSR count). The fourth-order valence-electron chi connectivity index (χ4n) is 3.31. The van der Waals surface area contributed by atoms with Crippen LogP contribution in [-0.4, -0.2) is 88.0 Å². The van der Waals surface area contributed by atoms with Gasteiger partial charge >= 0.3 is 0 Å². The number of aromatic nitrogens is 3. The number of benzene rings is 1. The summed E-state index contributed by atoms with van der Waals surface area (Å²) in [5.41, 5.74) is 3.70. The predicted octanol–water partition coefficient (Wildman–Crippen LogP) is 1.01. The Hall–Kier alpha value is -3.18. The third kappa shape index (κ3) is 5.30. The Labute approximate surface area is 181 Å². The van der Waals surface area contributed by atoms with E-state index in [1.54, 1.807) is 20.4 Å². The van der Waals surface area contributed by atoms with Crippen molar-refractivity contribution < 1.29 is 18.9 Å². The molecular weight excluding hydrogens is 402 g/mol. The van der Waals surface area contributed by atoms with Gasteiger partial charge in [0.25, 0.3) is 0 Å². The Kier molecular flexibility index (Phi) is 6.95. The molecule has 0 saturated carbocycles. The Bertz CT molecular complexity index is 863. The van der Waals surface area contributed by atoms with Crippen molar-refractivity contribution in [1.82, 2.24) is 15.0 Å². The Morgan fingerprint density at radius 3 is 2.06 bits per heavy atom. The molecule has 0 aliphatic carbocycles. The quantitative estimate of drug-likeness (QED) is 0.506. The van der Waals surface area contributed by atoms with Crippen molar-refractivity contribution >= 4 is 24.1 Å². The molecule has 2 aliphatic rings. The van der Waals surface area contributed by atoms with Crippen molar-refractivity contribution in [3.8, 4) is 11.5 Å². The van der Waals surface area contributed by atoms with Gasteiger partial charge < -0.3 is 28.7 Å². The monoisotopic (exact) mass is 429 g/mol. The number of ether oxygens (including phenoxy) is 4. The first-order valence-corrected chi connectivity index (χ1v) is 10.2. The third-order valence-corrected chi connectivity index (χ3v) is 5.00.